The Labute approximate surface area is 58.7 Å². The summed E-state index contributed by atoms with van der Waals surface area (Å²) in [5.74, 6) is -0.690. The van der Waals surface area contributed by atoms with Gasteiger partial charge in [0.2, 0.25) is 0 Å². The van der Waals surface area contributed by atoms with E-state index in [-0.39, 0.29) is 5.57 Å². The van der Waals surface area contributed by atoms with Gasteiger partial charge in [-0.2, -0.15) is 5.26 Å². The Hall–Kier alpha value is -1.50. The van der Waals surface area contributed by atoms with Crippen molar-refractivity contribution < 1.29 is 14.3 Å². The van der Waals surface area contributed by atoms with Crippen LogP contribution in [0.2, 0.25) is 0 Å². The molecule has 0 aromatic rings. The molecule has 0 rings (SSSR count). The number of carbonyl (C=O) groups is 1. The van der Waals surface area contributed by atoms with E-state index in [0.29, 0.717) is 0 Å². The van der Waals surface area contributed by atoms with Crippen molar-refractivity contribution in [3.05, 3.63) is 11.8 Å². The molecule has 0 fully saturated rings. The molecule has 10 heavy (non-hydrogen) atoms. The first-order valence-corrected chi connectivity index (χ1v) is 2.47. The molecular formula is C6H7NO3. The van der Waals surface area contributed by atoms with Crippen LogP contribution >= 0.6 is 0 Å². The zero-order chi connectivity index (χ0) is 7.98. The molecule has 0 aliphatic carbocycles. The van der Waals surface area contributed by atoms with Gasteiger partial charge in [0, 0.05) is 0 Å². The molecule has 0 heterocycles. The van der Waals surface area contributed by atoms with E-state index in [1.807, 2.05) is 0 Å². The topological polar surface area (TPSA) is 59.3 Å². The number of hydrogen-bond acceptors (Lipinski definition) is 4. The summed E-state index contributed by atoms with van der Waals surface area (Å²) in [5.41, 5.74) is -0.148. The maximum absolute atomic E-state index is 10.5. The second-order valence-electron chi connectivity index (χ2n) is 1.37. The minimum Gasteiger partial charge on any atom is -0.503 e. The monoisotopic (exact) mass is 141 g/mol. The van der Waals surface area contributed by atoms with Crippen LogP contribution in [0.25, 0.3) is 0 Å². The van der Waals surface area contributed by atoms with Crippen LogP contribution in [0.4, 0.5) is 0 Å². The largest absolute Gasteiger partial charge is 0.503 e. The van der Waals surface area contributed by atoms with E-state index in [9.17, 15) is 4.79 Å². The van der Waals surface area contributed by atoms with Gasteiger partial charge in [0.1, 0.15) is 12.3 Å². The van der Waals surface area contributed by atoms with Crippen LogP contribution < -0.4 is 0 Å². The lowest BCUT2D eigenvalue weighted by Gasteiger charge is -1.93. The Balaban J connectivity index is 4.25. The van der Waals surface area contributed by atoms with E-state index < -0.39 is 5.97 Å². The molecule has 0 saturated heterocycles. The highest BCUT2D eigenvalue weighted by atomic mass is 16.5. The summed E-state index contributed by atoms with van der Waals surface area (Å²) in [7, 11) is 2.55. The maximum Gasteiger partial charge on any atom is 0.351 e. The Morgan fingerprint density at radius 2 is 2.20 bits per heavy atom. The summed E-state index contributed by atoms with van der Waals surface area (Å²) in [6.07, 6.45) is 1.03. The van der Waals surface area contributed by atoms with Crippen molar-refractivity contribution in [3.8, 4) is 6.07 Å². The Bertz CT molecular complexity index is 190. The number of nitriles is 1. The van der Waals surface area contributed by atoms with Crippen molar-refractivity contribution >= 4 is 5.97 Å². The number of carbonyl (C=O) groups excluding carboxylic acids is 1. The van der Waals surface area contributed by atoms with Crippen LogP contribution in [-0.2, 0) is 14.3 Å². The highest BCUT2D eigenvalue weighted by molar-refractivity contribution is 5.92. The molecule has 54 valence electrons. The molecule has 0 bridgehead atoms. The van der Waals surface area contributed by atoms with Gasteiger partial charge in [0.25, 0.3) is 0 Å². The summed E-state index contributed by atoms with van der Waals surface area (Å²) in [6, 6.07) is 1.62. The molecule has 0 amide bonds. The molecule has 0 aliphatic heterocycles. The minimum absolute atomic E-state index is 0.148. The maximum atomic E-state index is 10.5. The van der Waals surface area contributed by atoms with E-state index >= 15 is 0 Å². The van der Waals surface area contributed by atoms with Gasteiger partial charge in [-0.3, -0.25) is 0 Å². The molecular weight excluding hydrogens is 134 g/mol. The number of rotatable bonds is 2. The second kappa shape index (κ2) is 4.39. The van der Waals surface area contributed by atoms with Crippen molar-refractivity contribution in [2.24, 2.45) is 0 Å². The van der Waals surface area contributed by atoms with E-state index in [0.717, 1.165) is 6.26 Å². The van der Waals surface area contributed by atoms with E-state index in [1.165, 1.54) is 14.2 Å². The fourth-order valence-corrected chi connectivity index (χ4v) is 0.348. The summed E-state index contributed by atoms with van der Waals surface area (Å²) in [4.78, 5) is 10.5. The predicted octanol–water partition coefficient (Wildman–Crippen LogP) is 0.213. The normalized spacial score (nSPS) is 9.90. The van der Waals surface area contributed by atoms with Crippen LogP contribution in [0.15, 0.2) is 11.8 Å². The van der Waals surface area contributed by atoms with Gasteiger partial charge in [-0.25, -0.2) is 4.79 Å². The van der Waals surface area contributed by atoms with Gasteiger partial charge in [0.05, 0.1) is 14.2 Å². The van der Waals surface area contributed by atoms with E-state index in [1.54, 1.807) is 6.07 Å². The molecule has 0 radical (unpaired) electrons. The number of hydrogen-bond donors (Lipinski definition) is 0. The molecule has 0 unspecified atom stereocenters. The van der Waals surface area contributed by atoms with Crippen molar-refractivity contribution in [1.82, 2.24) is 0 Å². The third kappa shape index (κ3) is 2.18. The average molecular weight is 141 g/mol. The van der Waals surface area contributed by atoms with Crippen LogP contribution in [0.5, 0.6) is 0 Å². The van der Waals surface area contributed by atoms with Crippen LogP contribution in [0.3, 0.4) is 0 Å². The summed E-state index contributed by atoms with van der Waals surface area (Å²) in [6.45, 7) is 0. The number of esters is 1. The summed E-state index contributed by atoms with van der Waals surface area (Å²) >= 11 is 0. The predicted molar refractivity (Wildman–Crippen MR) is 32.7 cm³/mol. The summed E-state index contributed by atoms with van der Waals surface area (Å²) in [5, 5.41) is 8.26. The molecule has 0 aromatic heterocycles. The minimum atomic E-state index is -0.690. The third-order valence-corrected chi connectivity index (χ3v) is 0.761. The van der Waals surface area contributed by atoms with Crippen LogP contribution in [-0.4, -0.2) is 20.2 Å². The fraction of sp³-hybridized carbons (Fsp3) is 0.333. The number of methoxy groups -OCH3 is 2. The zero-order valence-corrected chi connectivity index (χ0v) is 5.75. The van der Waals surface area contributed by atoms with Crippen molar-refractivity contribution in [2.75, 3.05) is 14.2 Å². The molecule has 0 saturated carbocycles. The smallest absolute Gasteiger partial charge is 0.351 e. The van der Waals surface area contributed by atoms with Crippen molar-refractivity contribution in [2.45, 2.75) is 0 Å². The first kappa shape index (κ1) is 8.50. The Kier molecular flexibility index (Phi) is 3.73. The Morgan fingerprint density at radius 3 is 2.50 bits per heavy atom. The highest BCUT2D eigenvalue weighted by Crippen LogP contribution is 1.94. The quantitative estimate of drug-likeness (QED) is 0.239. The molecule has 0 aliphatic rings. The van der Waals surface area contributed by atoms with Gasteiger partial charge < -0.3 is 9.47 Å². The van der Waals surface area contributed by atoms with Crippen molar-refractivity contribution in [1.29, 1.82) is 5.26 Å². The van der Waals surface area contributed by atoms with Gasteiger partial charge in [-0.15, -0.1) is 0 Å². The van der Waals surface area contributed by atoms with E-state index in [4.69, 9.17) is 5.26 Å². The first-order chi connectivity index (χ1) is 4.76. The molecule has 0 aromatic carbocycles. The van der Waals surface area contributed by atoms with Gasteiger partial charge in [-0.05, 0) is 0 Å². The van der Waals surface area contributed by atoms with Gasteiger partial charge >= 0.3 is 5.97 Å². The molecule has 4 heteroatoms. The number of nitrogens with zero attached hydrogens (tertiary/aromatic N) is 1. The highest BCUT2D eigenvalue weighted by Gasteiger charge is 2.07. The molecule has 4 nitrogen and oxygen atoms in total. The van der Waals surface area contributed by atoms with E-state index in [2.05, 4.69) is 9.47 Å². The standard InChI is InChI=1S/C6H7NO3/c1-9-4-5(3-7)6(8)10-2/h4H,1-2H3/b5-4-. The molecule has 0 atom stereocenters. The lowest BCUT2D eigenvalue weighted by atomic mass is 10.3. The Morgan fingerprint density at radius 1 is 1.60 bits per heavy atom. The van der Waals surface area contributed by atoms with Crippen LogP contribution in [0.1, 0.15) is 0 Å². The van der Waals surface area contributed by atoms with Gasteiger partial charge in [0.15, 0.2) is 5.57 Å². The van der Waals surface area contributed by atoms with Crippen LogP contribution in [0, 0.1) is 11.3 Å². The average Bonchev–Trinajstić information content (AvgIpc) is 1.99. The third-order valence-electron chi connectivity index (χ3n) is 0.761. The lowest BCUT2D eigenvalue weighted by Crippen LogP contribution is -2.02. The van der Waals surface area contributed by atoms with Gasteiger partial charge in [-0.1, -0.05) is 0 Å². The first-order valence-electron chi connectivity index (χ1n) is 2.47. The van der Waals surface area contributed by atoms with Crippen molar-refractivity contribution in [3.63, 3.8) is 0 Å². The SMILES string of the molecule is CO/C=C(/C#N)C(=O)OC. The lowest BCUT2D eigenvalue weighted by molar-refractivity contribution is -0.135. The summed E-state index contributed by atoms with van der Waals surface area (Å²) < 4.78 is 8.68. The number of ether oxygens (including phenoxy) is 2. The zero-order valence-electron chi connectivity index (χ0n) is 5.75. The fourth-order valence-electron chi connectivity index (χ4n) is 0.348. The molecule has 0 N–H and O–H groups in total. The molecule has 0 spiro atoms. The second-order valence-corrected chi connectivity index (χ2v) is 1.37.